The van der Waals surface area contributed by atoms with Crippen molar-refractivity contribution in [1.29, 1.82) is 0 Å². The zero-order valence-corrected chi connectivity index (χ0v) is 18.2. The topological polar surface area (TPSA) is 64.4 Å². The first-order valence-corrected chi connectivity index (χ1v) is 11.3. The number of fused-ring (bicyclic) bond motifs is 1. The van der Waals surface area contributed by atoms with Gasteiger partial charge in [-0.05, 0) is 63.0 Å². The summed E-state index contributed by atoms with van der Waals surface area (Å²) in [6, 6.07) is 8.12. The van der Waals surface area contributed by atoms with Crippen LogP contribution in [0.3, 0.4) is 0 Å². The zero-order chi connectivity index (χ0) is 20.5. The number of ether oxygens (including phenoxy) is 2. The lowest BCUT2D eigenvalue weighted by Crippen LogP contribution is -2.34. The van der Waals surface area contributed by atoms with Crippen molar-refractivity contribution >= 4 is 16.5 Å². The monoisotopic (exact) mass is 425 g/mol. The number of hydrogen-bond donors (Lipinski definition) is 1. The highest BCUT2D eigenvalue weighted by Crippen LogP contribution is 2.34. The first kappa shape index (κ1) is 19.4. The Kier molecular flexibility index (Phi) is 5.35. The van der Waals surface area contributed by atoms with E-state index >= 15 is 0 Å². The minimum absolute atomic E-state index is 0.297. The van der Waals surface area contributed by atoms with Crippen molar-refractivity contribution < 1.29 is 9.47 Å². The maximum Gasteiger partial charge on any atom is 0.231 e. The van der Waals surface area contributed by atoms with Crippen molar-refractivity contribution in [3.63, 3.8) is 0 Å². The fourth-order valence-corrected chi connectivity index (χ4v) is 5.14. The summed E-state index contributed by atoms with van der Waals surface area (Å²) in [6.45, 7) is 6.38. The lowest BCUT2D eigenvalue weighted by molar-refractivity contribution is 0.174. The van der Waals surface area contributed by atoms with Crippen molar-refractivity contribution in [3.05, 3.63) is 41.7 Å². The van der Waals surface area contributed by atoms with Gasteiger partial charge in [-0.1, -0.05) is 17.4 Å². The Morgan fingerprint density at radius 3 is 3.03 bits per heavy atom. The van der Waals surface area contributed by atoms with Gasteiger partial charge in [0, 0.05) is 25.8 Å². The summed E-state index contributed by atoms with van der Waals surface area (Å²) in [5.41, 5.74) is 3.15. The second-order valence-electron chi connectivity index (χ2n) is 8.17. The fraction of sp³-hybridized carbons (Fsp3) is 0.455. The molecule has 7 nitrogen and oxygen atoms in total. The van der Waals surface area contributed by atoms with Gasteiger partial charge >= 0.3 is 0 Å². The van der Waals surface area contributed by atoms with E-state index in [1.165, 1.54) is 19.4 Å². The normalized spacial score (nSPS) is 18.7. The fourth-order valence-electron chi connectivity index (χ4n) is 4.21. The van der Waals surface area contributed by atoms with E-state index in [0.717, 1.165) is 51.5 Å². The molecule has 1 aromatic carbocycles. The number of piperidine rings is 1. The van der Waals surface area contributed by atoms with Gasteiger partial charge in [0.05, 0.1) is 10.6 Å². The number of rotatable bonds is 6. The third kappa shape index (κ3) is 4.15. The molecular formula is C22H27N5O2S. The predicted molar refractivity (Wildman–Crippen MR) is 118 cm³/mol. The Bertz CT molecular complexity index is 1030. The molecule has 30 heavy (non-hydrogen) atoms. The molecule has 3 aromatic rings. The van der Waals surface area contributed by atoms with Crippen LogP contribution in [0.5, 0.6) is 11.5 Å². The standard InChI is InChI=1S/C22H27N5O2S/c1-15-21(18-7-9-27(25-18)13-17-4-3-8-26(2)12-17)30-22(24-15)23-11-16-5-6-19-20(10-16)29-14-28-19/h5-7,9-10,17H,3-4,8,11-14H2,1-2H3,(H,23,24). The minimum atomic E-state index is 0.297. The maximum atomic E-state index is 5.46. The number of likely N-dealkylation sites (tertiary alicyclic amines) is 1. The zero-order valence-electron chi connectivity index (χ0n) is 17.4. The molecule has 0 saturated carbocycles. The predicted octanol–water partition coefficient (Wildman–Crippen LogP) is 4.00. The van der Waals surface area contributed by atoms with Crippen LogP contribution >= 0.6 is 11.3 Å². The van der Waals surface area contributed by atoms with Crippen LogP contribution in [0.1, 0.15) is 24.1 Å². The molecule has 0 radical (unpaired) electrons. The summed E-state index contributed by atoms with van der Waals surface area (Å²) in [5, 5.41) is 9.18. The first-order chi connectivity index (χ1) is 14.6. The Morgan fingerprint density at radius 1 is 1.23 bits per heavy atom. The van der Waals surface area contributed by atoms with Crippen molar-refractivity contribution in [2.24, 2.45) is 5.92 Å². The number of nitrogens with one attached hydrogen (secondary N) is 1. The van der Waals surface area contributed by atoms with E-state index in [1.807, 2.05) is 25.1 Å². The molecule has 8 heteroatoms. The molecule has 4 heterocycles. The number of thiazole rings is 1. The van der Waals surface area contributed by atoms with Gasteiger partial charge in [-0.2, -0.15) is 5.10 Å². The van der Waals surface area contributed by atoms with Crippen LogP contribution in [0.25, 0.3) is 10.6 Å². The molecule has 2 aliphatic heterocycles. The minimum Gasteiger partial charge on any atom is -0.454 e. The smallest absolute Gasteiger partial charge is 0.231 e. The van der Waals surface area contributed by atoms with E-state index in [1.54, 1.807) is 11.3 Å². The van der Waals surface area contributed by atoms with Crippen LogP contribution in [-0.2, 0) is 13.1 Å². The van der Waals surface area contributed by atoms with Gasteiger partial charge < -0.3 is 19.7 Å². The largest absolute Gasteiger partial charge is 0.454 e. The third-order valence-corrected chi connectivity index (χ3v) is 6.86. The summed E-state index contributed by atoms with van der Waals surface area (Å²) in [4.78, 5) is 8.25. The van der Waals surface area contributed by atoms with Crippen LogP contribution in [0.2, 0.25) is 0 Å². The summed E-state index contributed by atoms with van der Waals surface area (Å²) >= 11 is 1.65. The molecule has 5 rings (SSSR count). The highest BCUT2D eigenvalue weighted by molar-refractivity contribution is 7.19. The molecule has 158 valence electrons. The Labute approximate surface area is 180 Å². The number of hydrogen-bond acceptors (Lipinski definition) is 7. The Morgan fingerprint density at radius 2 is 2.13 bits per heavy atom. The van der Waals surface area contributed by atoms with Crippen molar-refractivity contribution in [1.82, 2.24) is 19.7 Å². The van der Waals surface area contributed by atoms with Gasteiger partial charge in [-0.15, -0.1) is 0 Å². The molecule has 1 atom stereocenters. The van der Waals surface area contributed by atoms with Crippen LogP contribution < -0.4 is 14.8 Å². The van der Waals surface area contributed by atoms with E-state index in [4.69, 9.17) is 19.6 Å². The average molecular weight is 426 g/mol. The van der Waals surface area contributed by atoms with E-state index in [9.17, 15) is 0 Å². The molecule has 2 aromatic heterocycles. The van der Waals surface area contributed by atoms with Crippen LogP contribution in [0, 0.1) is 12.8 Å². The molecule has 0 bridgehead atoms. The summed E-state index contributed by atoms with van der Waals surface area (Å²) < 4.78 is 12.9. The molecule has 0 amide bonds. The molecule has 1 saturated heterocycles. The molecule has 1 unspecified atom stereocenters. The highest BCUT2D eigenvalue weighted by Gasteiger charge is 2.19. The maximum absolute atomic E-state index is 5.46. The summed E-state index contributed by atoms with van der Waals surface area (Å²) in [6.07, 6.45) is 4.66. The number of benzene rings is 1. The van der Waals surface area contributed by atoms with Crippen molar-refractivity contribution in [2.75, 3.05) is 32.2 Å². The molecule has 2 aliphatic rings. The van der Waals surface area contributed by atoms with Crippen LogP contribution in [0.15, 0.2) is 30.5 Å². The van der Waals surface area contributed by atoms with Crippen molar-refractivity contribution in [3.8, 4) is 22.1 Å². The SMILES string of the molecule is Cc1nc(NCc2ccc3c(c2)OCO3)sc1-c1ccn(CC2CCCN(C)C2)n1. The van der Waals surface area contributed by atoms with Gasteiger partial charge in [-0.3, -0.25) is 4.68 Å². The van der Waals surface area contributed by atoms with Gasteiger partial charge in [0.15, 0.2) is 16.6 Å². The van der Waals surface area contributed by atoms with Crippen LogP contribution in [-0.4, -0.2) is 46.6 Å². The van der Waals surface area contributed by atoms with Gasteiger partial charge in [0.2, 0.25) is 6.79 Å². The Balaban J connectivity index is 1.23. The highest BCUT2D eigenvalue weighted by atomic mass is 32.1. The second-order valence-corrected chi connectivity index (χ2v) is 9.17. The van der Waals surface area contributed by atoms with Gasteiger partial charge in [0.25, 0.3) is 0 Å². The first-order valence-electron chi connectivity index (χ1n) is 10.5. The Hall–Kier alpha value is -2.58. The van der Waals surface area contributed by atoms with Gasteiger partial charge in [0.1, 0.15) is 5.69 Å². The van der Waals surface area contributed by atoms with Crippen LogP contribution in [0.4, 0.5) is 5.13 Å². The molecule has 1 N–H and O–H groups in total. The number of anilines is 1. The van der Waals surface area contributed by atoms with Crippen molar-refractivity contribution in [2.45, 2.75) is 32.9 Å². The van der Waals surface area contributed by atoms with E-state index in [2.05, 4.69) is 34.2 Å². The number of nitrogens with zero attached hydrogens (tertiary/aromatic N) is 4. The third-order valence-electron chi connectivity index (χ3n) is 5.72. The van der Waals surface area contributed by atoms with E-state index in [-0.39, 0.29) is 0 Å². The second kappa shape index (κ2) is 8.28. The molecule has 1 fully saturated rings. The lowest BCUT2D eigenvalue weighted by atomic mass is 9.99. The number of aryl methyl sites for hydroxylation is 1. The quantitative estimate of drug-likeness (QED) is 0.644. The summed E-state index contributed by atoms with van der Waals surface area (Å²) in [7, 11) is 2.21. The average Bonchev–Trinajstić information content (AvgIpc) is 3.46. The molecule has 0 spiro atoms. The summed E-state index contributed by atoms with van der Waals surface area (Å²) in [5.74, 6) is 2.29. The van der Waals surface area contributed by atoms with Gasteiger partial charge in [-0.25, -0.2) is 4.98 Å². The van der Waals surface area contributed by atoms with E-state index in [0.29, 0.717) is 19.3 Å². The lowest BCUT2D eigenvalue weighted by Gasteiger charge is -2.29. The number of aromatic nitrogens is 3. The molecular weight excluding hydrogens is 398 g/mol. The van der Waals surface area contributed by atoms with E-state index < -0.39 is 0 Å². The molecule has 0 aliphatic carbocycles.